The molecule has 0 saturated carbocycles. The largest absolute Gasteiger partial charge is 0.287 e. The summed E-state index contributed by atoms with van der Waals surface area (Å²) in [7, 11) is 0. The molecule has 3 heterocycles. The molecule has 0 spiro atoms. The topological polar surface area (TPSA) is 69.3 Å². The van der Waals surface area contributed by atoms with Crippen molar-refractivity contribution < 1.29 is 0 Å². The van der Waals surface area contributed by atoms with Gasteiger partial charge in [0.25, 0.3) is 11.1 Å². The van der Waals surface area contributed by atoms with Crippen molar-refractivity contribution >= 4 is 39.9 Å². The van der Waals surface area contributed by atoms with Crippen LogP contribution in [0.3, 0.4) is 0 Å². The number of para-hydroxylation sites is 1. The van der Waals surface area contributed by atoms with Crippen molar-refractivity contribution in [2.45, 2.75) is 50.1 Å². The lowest BCUT2D eigenvalue weighted by Crippen LogP contribution is -2.23. The highest BCUT2D eigenvalue weighted by atomic mass is 35.5. The van der Waals surface area contributed by atoms with Crippen LogP contribution in [0.1, 0.15) is 38.3 Å². The monoisotopic (exact) mass is 454 g/mol. The summed E-state index contributed by atoms with van der Waals surface area (Å²) >= 11 is 7.41. The molecule has 0 bridgehead atoms. The molecule has 0 fully saturated rings. The summed E-state index contributed by atoms with van der Waals surface area (Å²) in [4.78, 5) is 34.9. The van der Waals surface area contributed by atoms with Crippen LogP contribution in [-0.2, 0) is 12.3 Å². The first-order chi connectivity index (χ1) is 15.1. The van der Waals surface area contributed by atoms with Crippen molar-refractivity contribution in [1.82, 2.24) is 18.9 Å². The standard InChI is InChI=1S/C23H23ClN4O2S/c1-2-3-4-7-12-27-22(30)18-8-5-6-9-19(18)26-23(27)31-15-17-13-21(29)28-14-16(24)10-11-20(28)25-17/h5-6,8-11,13-14H,2-4,7,12,15H2,1H3. The van der Waals surface area contributed by atoms with Crippen LogP contribution in [0, 0.1) is 0 Å². The fraction of sp³-hybridized carbons (Fsp3) is 0.304. The number of halogens is 1. The minimum absolute atomic E-state index is 0.0224. The van der Waals surface area contributed by atoms with Gasteiger partial charge in [0.1, 0.15) is 5.65 Å². The van der Waals surface area contributed by atoms with E-state index in [1.807, 2.05) is 24.3 Å². The molecule has 0 unspecified atom stereocenters. The van der Waals surface area contributed by atoms with Crippen LogP contribution < -0.4 is 11.1 Å². The Morgan fingerprint density at radius 1 is 1.03 bits per heavy atom. The molecule has 4 rings (SSSR count). The molecule has 3 aromatic heterocycles. The first-order valence-electron chi connectivity index (χ1n) is 10.4. The van der Waals surface area contributed by atoms with E-state index in [0.29, 0.717) is 44.7 Å². The Labute approximate surface area is 188 Å². The van der Waals surface area contributed by atoms with E-state index in [9.17, 15) is 9.59 Å². The molecule has 0 N–H and O–H groups in total. The number of unbranched alkanes of at least 4 members (excludes halogenated alkanes) is 3. The van der Waals surface area contributed by atoms with Crippen molar-refractivity contribution in [2.24, 2.45) is 0 Å². The van der Waals surface area contributed by atoms with Crippen molar-refractivity contribution in [2.75, 3.05) is 0 Å². The molecular weight excluding hydrogens is 432 g/mol. The maximum Gasteiger partial charge on any atom is 0.262 e. The predicted molar refractivity (Wildman–Crippen MR) is 126 cm³/mol. The third-order valence-electron chi connectivity index (χ3n) is 5.09. The summed E-state index contributed by atoms with van der Waals surface area (Å²) in [5, 5.41) is 1.76. The minimum atomic E-state index is -0.188. The molecule has 31 heavy (non-hydrogen) atoms. The fourth-order valence-corrected chi connectivity index (χ4v) is 4.57. The average Bonchev–Trinajstić information content (AvgIpc) is 2.77. The number of hydrogen-bond donors (Lipinski definition) is 0. The van der Waals surface area contributed by atoms with Crippen LogP contribution in [0.2, 0.25) is 5.02 Å². The molecule has 1 aromatic carbocycles. The second-order valence-electron chi connectivity index (χ2n) is 7.38. The molecule has 8 heteroatoms. The van der Waals surface area contributed by atoms with Gasteiger partial charge in [-0.15, -0.1) is 0 Å². The molecule has 0 radical (unpaired) electrons. The second-order valence-corrected chi connectivity index (χ2v) is 8.76. The summed E-state index contributed by atoms with van der Waals surface area (Å²) in [5.74, 6) is 0.439. The maximum absolute atomic E-state index is 13.1. The Balaban J connectivity index is 1.65. The van der Waals surface area contributed by atoms with Gasteiger partial charge in [0.15, 0.2) is 5.16 Å². The lowest BCUT2D eigenvalue weighted by atomic mass is 10.2. The zero-order valence-electron chi connectivity index (χ0n) is 17.3. The molecule has 0 aliphatic rings. The SMILES string of the molecule is CCCCCCn1c(SCc2cc(=O)n3cc(Cl)ccc3n2)nc2ccccc2c1=O. The summed E-state index contributed by atoms with van der Waals surface area (Å²) in [5.41, 5.74) is 1.64. The van der Waals surface area contributed by atoms with E-state index in [0.717, 1.165) is 25.7 Å². The van der Waals surface area contributed by atoms with Gasteiger partial charge < -0.3 is 0 Å². The van der Waals surface area contributed by atoms with Gasteiger partial charge in [0.2, 0.25) is 0 Å². The zero-order valence-corrected chi connectivity index (χ0v) is 18.8. The van der Waals surface area contributed by atoms with E-state index in [4.69, 9.17) is 16.6 Å². The normalized spacial score (nSPS) is 11.4. The van der Waals surface area contributed by atoms with E-state index in [1.165, 1.54) is 22.2 Å². The Morgan fingerprint density at radius 3 is 2.71 bits per heavy atom. The van der Waals surface area contributed by atoms with Crippen molar-refractivity contribution in [3.63, 3.8) is 0 Å². The molecule has 0 aliphatic carbocycles. The molecule has 6 nitrogen and oxygen atoms in total. The van der Waals surface area contributed by atoms with Gasteiger partial charge in [-0.2, -0.15) is 0 Å². The van der Waals surface area contributed by atoms with E-state index in [2.05, 4.69) is 11.9 Å². The minimum Gasteiger partial charge on any atom is -0.287 e. The summed E-state index contributed by atoms with van der Waals surface area (Å²) in [6, 6.07) is 12.3. The smallest absolute Gasteiger partial charge is 0.262 e. The zero-order chi connectivity index (χ0) is 21.8. The van der Waals surface area contributed by atoms with Gasteiger partial charge in [-0.25, -0.2) is 9.97 Å². The average molecular weight is 455 g/mol. The number of hydrogen-bond acceptors (Lipinski definition) is 5. The predicted octanol–water partition coefficient (Wildman–Crippen LogP) is 4.93. The van der Waals surface area contributed by atoms with Crippen LogP contribution >= 0.6 is 23.4 Å². The number of pyridine rings is 1. The number of nitrogens with zero attached hydrogens (tertiary/aromatic N) is 4. The number of fused-ring (bicyclic) bond motifs is 2. The van der Waals surface area contributed by atoms with Crippen LogP contribution in [0.4, 0.5) is 0 Å². The molecule has 0 saturated heterocycles. The lowest BCUT2D eigenvalue weighted by molar-refractivity contribution is 0.531. The number of rotatable bonds is 8. The Bertz CT molecular complexity index is 1350. The van der Waals surface area contributed by atoms with Crippen molar-refractivity contribution in [3.8, 4) is 0 Å². The van der Waals surface area contributed by atoms with Crippen LogP contribution in [-0.4, -0.2) is 18.9 Å². The fourth-order valence-electron chi connectivity index (χ4n) is 3.49. The Hall–Kier alpha value is -2.64. The van der Waals surface area contributed by atoms with Gasteiger partial charge in [-0.05, 0) is 30.7 Å². The molecule has 0 atom stereocenters. The number of thioether (sulfide) groups is 1. The molecule has 4 aromatic rings. The van der Waals surface area contributed by atoms with Gasteiger partial charge in [0, 0.05) is 24.6 Å². The van der Waals surface area contributed by atoms with E-state index in [1.54, 1.807) is 22.9 Å². The van der Waals surface area contributed by atoms with Crippen LogP contribution in [0.25, 0.3) is 16.6 Å². The summed E-state index contributed by atoms with van der Waals surface area (Å²) < 4.78 is 3.19. The van der Waals surface area contributed by atoms with Gasteiger partial charge in [0.05, 0.1) is 21.6 Å². The van der Waals surface area contributed by atoms with Gasteiger partial charge >= 0.3 is 0 Å². The lowest BCUT2D eigenvalue weighted by Gasteiger charge is -2.13. The highest BCUT2D eigenvalue weighted by molar-refractivity contribution is 7.98. The molecule has 0 amide bonds. The second kappa shape index (κ2) is 9.66. The highest BCUT2D eigenvalue weighted by Crippen LogP contribution is 2.22. The van der Waals surface area contributed by atoms with Crippen molar-refractivity contribution in [3.05, 3.63) is 80.1 Å². The quantitative estimate of drug-likeness (QED) is 0.214. The first kappa shape index (κ1) is 21.6. The Kier molecular flexibility index (Phi) is 6.73. The number of benzene rings is 1. The molecule has 0 aliphatic heterocycles. The Morgan fingerprint density at radius 2 is 1.87 bits per heavy atom. The van der Waals surface area contributed by atoms with Gasteiger partial charge in [-0.3, -0.25) is 18.6 Å². The first-order valence-corrected chi connectivity index (χ1v) is 11.7. The summed E-state index contributed by atoms with van der Waals surface area (Å²) in [6.07, 6.45) is 5.85. The number of aromatic nitrogens is 4. The van der Waals surface area contributed by atoms with Crippen molar-refractivity contribution in [1.29, 1.82) is 0 Å². The van der Waals surface area contributed by atoms with Crippen LogP contribution in [0.5, 0.6) is 0 Å². The van der Waals surface area contributed by atoms with E-state index < -0.39 is 0 Å². The van der Waals surface area contributed by atoms with Crippen LogP contribution in [0.15, 0.2) is 63.4 Å². The highest BCUT2D eigenvalue weighted by Gasteiger charge is 2.12. The third kappa shape index (κ3) is 4.83. The molecule has 160 valence electrons. The van der Waals surface area contributed by atoms with E-state index in [-0.39, 0.29) is 11.1 Å². The molecular formula is C23H23ClN4O2S. The summed E-state index contributed by atoms with van der Waals surface area (Å²) in [6.45, 7) is 2.80. The van der Waals surface area contributed by atoms with E-state index >= 15 is 0 Å². The third-order valence-corrected chi connectivity index (χ3v) is 6.32. The van der Waals surface area contributed by atoms with Gasteiger partial charge in [-0.1, -0.05) is 61.7 Å². The maximum atomic E-state index is 13.1.